The van der Waals surface area contributed by atoms with Crippen LogP contribution in [-0.4, -0.2) is 32.2 Å². The van der Waals surface area contributed by atoms with Crippen LogP contribution in [0.15, 0.2) is 27.5 Å². The first-order chi connectivity index (χ1) is 8.90. The van der Waals surface area contributed by atoms with E-state index in [0.29, 0.717) is 23.4 Å². The molecule has 0 bridgehead atoms. The number of likely N-dealkylation sites (N-methyl/N-ethyl adjacent to an activating group) is 1. The predicted octanol–water partition coefficient (Wildman–Crippen LogP) is 1.77. The number of nitrogens with one attached hydrogen (secondary N) is 1. The van der Waals surface area contributed by atoms with Crippen molar-refractivity contribution in [3.8, 4) is 0 Å². The van der Waals surface area contributed by atoms with Crippen LogP contribution in [0.1, 0.15) is 19.7 Å². The molecule has 1 heterocycles. The van der Waals surface area contributed by atoms with Crippen LogP contribution in [0.25, 0.3) is 11.1 Å². The fourth-order valence-electron chi connectivity index (χ4n) is 1.96. The zero-order chi connectivity index (χ0) is 14.0. The van der Waals surface area contributed by atoms with Gasteiger partial charge in [0.05, 0.1) is 4.90 Å². The molecule has 0 aliphatic heterocycles. The van der Waals surface area contributed by atoms with Crippen molar-refractivity contribution in [3.63, 3.8) is 0 Å². The average molecular weight is 282 g/mol. The Labute approximate surface area is 112 Å². The number of fused-ring (bicyclic) bond motifs is 1. The zero-order valence-electron chi connectivity index (χ0n) is 11.3. The third kappa shape index (κ3) is 3.33. The lowest BCUT2D eigenvalue weighted by Gasteiger charge is -2.08. The van der Waals surface area contributed by atoms with Gasteiger partial charge >= 0.3 is 0 Å². The highest BCUT2D eigenvalue weighted by atomic mass is 32.2. The second-order valence-corrected chi connectivity index (χ2v) is 6.69. The van der Waals surface area contributed by atoms with Crippen LogP contribution in [0.3, 0.4) is 0 Å². The Balaban J connectivity index is 2.31. The van der Waals surface area contributed by atoms with Gasteiger partial charge in [-0.1, -0.05) is 6.92 Å². The van der Waals surface area contributed by atoms with E-state index in [9.17, 15) is 8.42 Å². The number of nitrogens with zero attached hydrogens (tertiary/aromatic N) is 1. The van der Waals surface area contributed by atoms with Gasteiger partial charge in [0.1, 0.15) is 5.52 Å². The van der Waals surface area contributed by atoms with Crippen molar-refractivity contribution in [1.29, 1.82) is 0 Å². The molecule has 6 heteroatoms. The SMILES string of the molecule is CCNC(C)Cc1nc2cc(S(C)(=O)=O)ccc2o1. The molecule has 5 nitrogen and oxygen atoms in total. The number of rotatable bonds is 5. The Kier molecular flexibility index (Phi) is 3.91. The summed E-state index contributed by atoms with van der Waals surface area (Å²) in [6, 6.07) is 5.02. The molecule has 1 unspecified atom stereocenters. The fourth-order valence-corrected chi connectivity index (χ4v) is 2.60. The van der Waals surface area contributed by atoms with Crippen LogP contribution in [0.4, 0.5) is 0 Å². The van der Waals surface area contributed by atoms with E-state index in [1.807, 2.05) is 6.92 Å². The van der Waals surface area contributed by atoms with Crippen LogP contribution in [0, 0.1) is 0 Å². The Hall–Kier alpha value is -1.40. The summed E-state index contributed by atoms with van der Waals surface area (Å²) in [5, 5.41) is 3.28. The normalized spacial score (nSPS) is 13.8. The van der Waals surface area contributed by atoms with Gasteiger partial charge in [0.25, 0.3) is 0 Å². The smallest absolute Gasteiger partial charge is 0.197 e. The maximum Gasteiger partial charge on any atom is 0.197 e. The van der Waals surface area contributed by atoms with Gasteiger partial charge in [-0.2, -0.15) is 0 Å². The maximum absolute atomic E-state index is 11.5. The Morgan fingerprint density at radius 3 is 2.79 bits per heavy atom. The summed E-state index contributed by atoms with van der Waals surface area (Å²) >= 11 is 0. The molecule has 0 saturated carbocycles. The van der Waals surface area contributed by atoms with E-state index in [2.05, 4.69) is 17.2 Å². The van der Waals surface area contributed by atoms with Crippen LogP contribution in [0.2, 0.25) is 0 Å². The van der Waals surface area contributed by atoms with E-state index < -0.39 is 9.84 Å². The molecule has 1 N–H and O–H groups in total. The minimum Gasteiger partial charge on any atom is -0.441 e. The highest BCUT2D eigenvalue weighted by Crippen LogP contribution is 2.20. The van der Waals surface area contributed by atoms with Crippen molar-refractivity contribution in [2.45, 2.75) is 31.2 Å². The molecule has 0 aliphatic rings. The van der Waals surface area contributed by atoms with Crippen LogP contribution >= 0.6 is 0 Å². The largest absolute Gasteiger partial charge is 0.441 e. The van der Waals surface area contributed by atoms with Crippen molar-refractivity contribution in [2.75, 3.05) is 12.8 Å². The molecular formula is C13H18N2O3S. The minimum atomic E-state index is -3.21. The molecule has 0 aliphatic carbocycles. The standard InChI is InChI=1S/C13H18N2O3S/c1-4-14-9(2)7-13-15-11-8-10(19(3,16)17)5-6-12(11)18-13/h5-6,8-9,14H,4,7H2,1-3H3. The lowest BCUT2D eigenvalue weighted by Crippen LogP contribution is -2.27. The topological polar surface area (TPSA) is 72.2 Å². The van der Waals surface area contributed by atoms with E-state index in [4.69, 9.17) is 4.42 Å². The number of hydrogen-bond donors (Lipinski definition) is 1. The number of benzene rings is 1. The lowest BCUT2D eigenvalue weighted by atomic mass is 10.2. The highest BCUT2D eigenvalue weighted by molar-refractivity contribution is 7.90. The van der Waals surface area contributed by atoms with Crippen molar-refractivity contribution in [3.05, 3.63) is 24.1 Å². The average Bonchev–Trinajstić information content (AvgIpc) is 2.68. The van der Waals surface area contributed by atoms with Crippen LogP contribution in [-0.2, 0) is 16.3 Å². The van der Waals surface area contributed by atoms with Gasteiger partial charge in [0, 0.05) is 18.7 Å². The summed E-state index contributed by atoms with van der Waals surface area (Å²) in [6.07, 6.45) is 1.86. The zero-order valence-corrected chi connectivity index (χ0v) is 12.1. The van der Waals surface area contributed by atoms with Gasteiger partial charge < -0.3 is 9.73 Å². The van der Waals surface area contributed by atoms with Gasteiger partial charge in [0.2, 0.25) is 0 Å². The maximum atomic E-state index is 11.5. The second-order valence-electron chi connectivity index (χ2n) is 4.67. The van der Waals surface area contributed by atoms with Crippen LogP contribution in [0.5, 0.6) is 0 Å². The van der Waals surface area contributed by atoms with E-state index in [0.717, 1.165) is 6.54 Å². The molecule has 1 aromatic heterocycles. The molecule has 2 aromatic rings. The third-order valence-electron chi connectivity index (χ3n) is 2.86. The highest BCUT2D eigenvalue weighted by Gasteiger charge is 2.13. The first-order valence-electron chi connectivity index (χ1n) is 6.23. The van der Waals surface area contributed by atoms with Gasteiger partial charge in [-0.05, 0) is 31.7 Å². The molecule has 0 radical (unpaired) electrons. The summed E-state index contributed by atoms with van der Waals surface area (Å²) in [7, 11) is -3.21. The molecule has 0 fully saturated rings. The molecule has 104 valence electrons. The third-order valence-corrected chi connectivity index (χ3v) is 3.98. The molecule has 0 saturated heterocycles. The Bertz CT molecular complexity index is 676. The summed E-state index contributed by atoms with van der Waals surface area (Å²) in [4.78, 5) is 4.60. The summed E-state index contributed by atoms with van der Waals surface area (Å²) in [5.41, 5.74) is 1.20. The number of oxazole rings is 1. The molecular weight excluding hydrogens is 264 g/mol. The molecule has 1 aromatic carbocycles. The van der Waals surface area contributed by atoms with Crippen molar-refractivity contribution in [1.82, 2.24) is 10.3 Å². The van der Waals surface area contributed by atoms with Gasteiger partial charge in [-0.3, -0.25) is 0 Å². The Morgan fingerprint density at radius 2 is 2.16 bits per heavy atom. The van der Waals surface area contributed by atoms with Crippen molar-refractivity contribution in [2.24, 2.45) is 0 Å². The Morgan fingerprint density at radius 1 is 1.42 bits per heavy atom. The number of aromatic nitrogens is 1. The molecule has 1 atom stereocenters. The first-order valence-corrected chi connectivity index (χ1v) is 8.12. The fraction of sp³-hybridized carbons (Fsp3) is 0.462. The molecule has 0 amide bonds. The van der Waals surface area contributed by atoms with Gasteiger partial charge in [-0.15, -0.1) is 0 Å². The summed E-state index contributed by atoms with van der Waals surface area (Å²) < 4.78 is 28.6. The van der Waals surface area contributed by atoms with Gasteiger partial charge in [-0.25, -0.2) is 13.4 Å². The van der Waals surface area contributed by atoms with E-state index in [-0.39, 0.29) is 10.9 Å². The van der Waals surface area contributed by atoms with E-state index >= 15 is 0 Å². The predicted molar refractivity (Wildman–Crippen MR) is 74.0 cm³/mol. The van der Waals surface area contributed by atoms with Gasteiger partial charge in [0.15, 0.2) is 21.3 Å². The monoisotopic (exact) mass is 282 g/mol. The van der Waals surface area contributed by atoms with Crippen LogP contribution < -0.4 is 5.32 Å². The lowest BCUT2D eigenvalue weighted by molar-refractivity contribution is 0.469. The van der Waals surface area contributed by atoms with Crippen molar-refractivity contribution >= 4 is 20.9 Å². The molecule has 2 rings (SSSR count). The number of hydrogen-bond acceptors (Lipinski definition) is 5. The second kappa shape index (κ2) is 5.30. The summed E-state index contributed by atoms with van der Waals surface area (Å²) in [5.74, 6) is 0.620. The molecule has 19 heavy (non-hydrogen) atoms. The quantitative estimate of drug-likeness (QED) is 0.905. The van der Waals surface area contributed by atoms with E-state index in [1.54, 1.807) is 18.2 Å². The molecule has 0 spiro atoms. The van der Waals surface area contributed by atoms with E-state index in [1.165, 1.54) is 6.26 Å². The van der Waals surface area contributed by atoms with Crippen molar-refractivity contribution < 1.29 is 12.8 Å². The number of sulfone groups is 1. The minimum absolute atomic E-state index is 0.264. The summed E-state index contributed by atoms with van der Waals surface area (Å²) in [6.45, 7) is 4.99. The first kappa shape index (κ1) is 14.0.